The van der Waals surface area contributed by atoms with Crippen molar-refractivity contribution >= 4 is 11.9 Å². The molecule has 0 unspecified atom stereocenters. The summed E-state index contributed by atoms with van der Waals surface area (Å²) in [4.78, 5) is 21.7. The Bertz CT molecular complexity index is 276. The molecule has 4 heteroatoms. The number of hydrogen-bond acceptors (Lipinski definition) is 2. The first-order chi connectivity index (χ1) is 6.06. The topological polar surface area (TPSA) is 66.4 Å². The van der Waals surface area contributed by atoms with Gasteiger partial charge in [0.2, 0.25) is 5.91 Å². The van der Waals surface area contributed by atoms with Crippen molar-refractivity contribution < 1.29 is 14.7 Å². The molecule has 2 N–H and O–H groups in total. The van der Waals surface area contributed by atoms with Crippen LogP contribution in [0, 0.1) is 11.3 Å². The average molecular weight is 183 g/mol. The van der Waals surface area contributed by atoms with Crippen LogP contribution in [0.25, 0.3) is 0 Å². The summed E-state index contributed by atoms with van der Waals surface area (Å²) in [6.45, 7) is 1.48. The number of fused-ring (bicyclic) bond motifs is 1. The Balaban J connectivity index is 2.01. The quantitative estimate of drug-likeness (QED) is 0.650. The van der Waals surface area contributed by atoms with Gasteiger partial charge in [0.15, 0.2) is 0 Å². The van der Waals surface area contributed by atoms with Gasteiger partial charge < -0.3 is 10.4 Å². The molecule has 0 bridgehead atoms. The number of carbonyl (C=O) groups excluding carboxylic acids is 1. The van der Waals surface area contributed by atoms with Crippen molar-refractivity contribution in [3.05, 3.63) is 0 Å². The lowest BCUT2D eigenvalue weighted by atomic mass is 10.1. The normalized spacial score (nSPS) is 41.0. The lowest BCUT2D eigenvalue weighted by Gasteiger charge is -2.11. The highest BCUT2D eigenvalue weighted by Gasteiger charge is 2.66. The molecule has 0 aliphatic heterocycles. The zero-order chi connectivity index (χ0) is 9.64. The van der Waals surface area contributed by atoms with E-state index < -0.39 is 11.4 Å². The van der Waals surface area contributed by atoms with E-state index >= 15 is 0 Å². The molecule has 2 aliphatic rings. The smallest absolute Gasteiger partial charge is 0.310 e. The number of amides is 1. The van der Waals surface area contributed by atoms with E-state index in [1.54, 1.807) is 0 Å². The molecule has 13 heavy (non-hydrogen) atoms. The van der Waals surface area contributed by atoms with E-state index in [4.69, 9.17) is 5.11 Å². The van der Waals surface area contributed by atoms with Crippen molar-refractivity contribution in [3.8, 4) is 0 Å². The van der Waals surface area contributed by atoms with Crippen molar-refractivity contribution in [2.24, 2.45) is 11.3 Å². The highest BCUT2D eigenvalue weighted by Crippen LogP contribution is 2.63. The molecular formula is C9H13NO3. The van der Waals surface area contributed by atoms with Gasteiger partial charge in [-0.05, 0) is 25.2 Å². The van der Waals surface area contributed by atoms with Crippen LogP contribution in [0.1, 0.15) is 26.2 Å². The van der Waals surface area contributed by atoms with Crippen molar-refractivity contribution in [2.75, 3.05) is 0 Å². The molecule has 2 aliphatic carbocycles. The van der Waals surface area contributed by atoms with Crippen LogP contribution in [0.15, 0.2) is 0 Å². The molecule has 0 saturated heterocycles. The molecule has 3 atom stereocenters. The molecule has 0 aromatic heterocycles. The second kappa shape index (κ2) is 2.47. The zero-order valence-corrected chi connectivity index (χ0v) is 7.54. The molecular weight excluding hydrogens is 170 g/mol. The number of carboxylic acid groups (broad SMARTS) is 1. The molecule has 0 radical (unpaired) electrons. The van der Waals surface area contributed by atoms with Crippen LogP contribution in [0.3, 0.4) is 0 Å². The van der Waals surface area contributed by atoms with Gasteiger partial charge in [-0.2, -0.15) is 0 Å². The Labute approximate surface area is 76.3 Å². The minimum atomic E-state index is -0.689. The molecule has 2 rings (SSSR count). The van der Waals surface area contributed by atoms with Crippen molar-refractivity contribution in [2.45, 2.75) is 32.2 Å². The molecule has 2 fully saturated rings. The number of carboxylic acids is 1. The molecule has 2 saturated carbocycles. The molecule has 1 amide bonds. The SMILES string of the molecule is CC(=O)N[C@@H]1CC[C@]2(C(=O)O)C[C@H]12. The highest BCUT2D eigenvalue weighted by atomic mass is 16.4. The summed E-state index contributed by atoms with van der Waals surface area (Å²) in [6.07, 6.45) is 2.28. The standard InChI is InChI=1S/C9H13NO3/c1-5(11)10-7-2-3-9(8(12)13)4-6(7)9/h6-7H,2-4H2,1H3,(H,10,11)(H,12,13)/t6-,7-,9+/m1/s1. The van der Waals surface area contributed by atoms with E-state index in [9.17, 15) is 9.59 Å². The first kappa shape index (κ1) is 8.53. The minimum Gasteiger partial charge on any atom is -0.481 e. The maximum absolute atomic E-state index is 10.9. The second-order valence-corrected chi connectivity index (χ2v) is 4.12. The summed E-state index contributed by atoms with van der Waals surface area (Å²) in [5.74, 6) is -0.558. The Morgan fingerprint density at radius 2 is 2.23 bits per heavy atom. The van der Waals surface area contributed by atoms with E-state index in [0.29, 0.717) is 0 Å². The summed E-state index contributed by atoms with van der Waals surface area (Å²) in [5, 5.41) is 11.8. The van der Waals surface area contributed by atoms with Crippen molar-refractivity contribution in [1.82, 2.24) is 5.32 Å². The number of rotatable bonds is 2. The van der Waals surface area contributed by atoms with E-state index in [1.807, 2.05) is 0 Å². The molecule has 0 heterocycles. The van der Waals surface area contributed by atoms with E-state index in [2.05, 4.69) is 5.32 Å². The lowest BCUT2D eigenvalue weighted by Crippen LogP contribution is -2.33. The van der Waals surface area contributed by atoms with E-state index in [1.165, 1.54) is 6.92 Å². The van der Waals surface area contributed by atoms with Gasteiger partial charge in [0.25, 0.3) is 0 Å². The van der Waals surface area contributed by atoms with Crippen LogP contribution in [0.4, 0.5) is 0 Å². The maximum Gasteiger partial charge on any atom is 0.310 e. The Morgan fingerprint density at radius 1 is 1.54 bits per heavy atom. The third kappa shape index (κ3) is 1.12. The van der Waals surface area contributed by atoms with Gasteiger partial charge in [-0.1, -0.05) is 0 Å². The van der Waals surface area contributed by atoms with Gasteiger partial charge in [0.1, 0.15) is 0 Å². The first-order valence-electron chi connectivity index (χ1n) is 4.57. The van der Waals surface area contributed by atoms with E-state index in [0.717, 1.165) is 19.3 Å². The van der Waals surface area contributed by atoms with Gasteiger partial charge in [0, 0.05) is 13.0 Å². The Kier molecular flexibility index (Phi) is 1.62. The number of nitrogens with one attached hydrogen (secondary N) is 1. The summed E-state index contributed by atoms with van der Waals surface area (Å²) < 4.78 is 0. The van der Waals surface area contributed by atoms with Crippen molar-refractivity contribution in [1.29, 1.82) is 0 Å². The predicted molar refractivity (Wildman–Crippen MR) is 45.0 cm³/mol. The minimum absolute atomic E-state index is 0.0573. The molecule has 0 aromatic rings. The van der Waals surface area contributed by atoms with Crippen LogP contribution >= 0.6 is 0 Å². The van der Waals surface area contributed by atoms with Crippen LogP contribution in [-0.2, 0) is 9.59 Å². The molecule has 0 spiro atoms. The molecule has 72 valence electrons. The first-order valence-corrected chi connectivity index (χ1v) is 4.57. The second-order valence-electron chi connectivity index (χ2n) is 4.12. The van der Waals surface area contributed by atoms with Crippen LogP contribution in [-0.4, -0.2) is 23.0 Å². The van der Waals surface area contributed by atoms with Gasteiger partial charge in [-0.25, -0.2) is 0 Å². The largest absolute Gasteiger partial charge is 0.481 e. The number of hydrogen-bond donors (Lipinski definition) is 2. The fraction of sp³-hybridized carbons (Fsp3) is 0.778. The lowest BCUT2D eigenvalue weighted by molar-refractivity contribution is -0.143. The van der Waals surface area contributed by atoms with Crippen molar-refractivity contribution in [3.63, 3.8) is 0 Å². The summed E-state index contributed by atoms with van der Waals surface area (Å²) >= 11 is 0. The van der Waals surface area contributed by atoms with Gasteiger partial charge in [-0.15, -0.1) is 0 Å². The zero-order valence-electron chi connectivity index (χ0n) is 7.54. The Morgan fingerprint density at radius 3 is 2.62 bits per heavy atom. The van der Waals surface area contributed by atoms with Crippen LogP contribution in [0.2, 0.25) is 0 Å². The molecule has 0 aromatic carbocycles. The van der Waals surface area contributed by atoms with Gasteiger partial charge in [-0.3, -0.25) is 9.59 Å². The van der Waals surface area contributed by atoms with Crippen LogP contribution in [0.5, 0.6) is 0 Å². The number of aliphatic carboxylic acids is 1. The molecule has 4 nitrogen and oxygen atoms in total. The van der Waals surface area contributed by atoms with Gasteiger partial charge >= 0.3 is 5.97 Å². The average Bonchev–Trinajstić information content (AvgIpc) is 2.66. The fourth-order valence-corrected chi connectivity index (χ4v) is 2.55. The highest BCUT2D eigenvalue weighted by molar-refractivity contribution is 5.80. The van der Waals surface area contributed by atoms with Gasteiger partial charge in [0.05, 0.1) is 5.41 Å². The summed E-state index contributed by atoms with van der Waals surface area (Å²) in [5.41, 5.74) is -0.479. The number of carbonyl (C=O) groups is 2. The third-order valence-corrected chi connectivity index (χ3v) is 3.34. The summed E-state index contributed by atoms with van der Waals surface area (Å²) in [7, 11) is 0. The van der Waals surface area contributed by atoms with Crippen LogP contribution < -0.4 is 5.32 Å². The Hall–Kier alpha value is -1.06. The fourth-order valence-electron chi connectivity index (χ4n) is 2.55. The monoisotopic (exact) mass is 183 g/mol. The predicted octanol–water partition coefficient (Wildman–Crippen LogP) is 0.376. The maximum atomic E-state index is 10.9. The van der Waals surface area contributed by atoms with E-state index in [-0.39, 0.29) is 17.9 Å². The summed E-state index contributed by atoms with van der Waals surface area (Å²) in [6, 6.07) is 0.105. The third-order valence-electron chi connectivity index (χ3n) is 3.34.